The van der Waals surface area contributed by atoms with E-state index < -0.39 is 6.04 Å². The van der Waals surface area contributed by atoms with Crippen molar-refractivity contribution in [2.45, 2.75) is 18.9 Å². The van der Waals surface area contributed by atoms with Crippen molar-refractivity contribution in [1.82, 2.24) is 9.97 Å². The average Bonchev–Trinajstić information content (AvgIpc) is 2.29. The summed E-state index contributed by atoms with van der Waals surface area (Å²) in [7, 11) is 1.61. The predicted molar refractivity (Wildman–Crippen MR) is 64.8 cm³/mol. The molecular weight excluding hydrogens is 244 g/mol. The second kappa shape index (κ2) is 7.16. The van der Waals surface area contributed by atoms with Crippen LogP contribution < -0.4 is 11.1 Å². The third-order valence-corrected chi connectivity index (χ3v) is 2.26. The van der Waals surface area contributed by atoms with E-state index in [1.54, 1.807) is 13.2 Å². The summed E-state index contributed by atoms with van der Waals surface area (Å²) in [4.78, 5) is 19.2. The van der Waals surface area contributed by atoms with Gasteiger partial charge in [0.15, 0.2) is 0 Å². The molecule has 17 heavy (non-hydrogen) atoms. The van der Waals surface area contributed by atoms with E-state index in [-0.39, 0.29) is 11.2 Å². The summed E-state index contributed by atoms with van der Waals surface area (Å²) in [5, 5.41) is 2.65. The Bertz CT molecular complexity index is 375. The molecule has 0 radical (unpaired) electrons. The molecule has 0 aromatic carbocycles. The van der Waals surface area contributed by atoms with Gasteiger partial charge in [-0.15, -0.1) is 0 Å². The van der Waals surface area contributed by atoms with Gasteiger partial charge in [-0.05, 0) is 30.5 Å². The van der Waals surface area contributed by atoms with Gasteiger partial charge in [0.2, 0.25) is 11.2 Å². The van der Waals surface area contributed by atoms with Crippen LogP contribution in [0.3, 0.4) is 0 Å². The Labute approximate surface area is 105 Å². The molecule has 6 nitrogen and oxygen atoms in total. The first-order chi connectivity index (χ1) is 8.13. The number of methoxy groups -OCH3 is 1. The van der Waals surface area contributed by atoms with E-state index in [9.17, 15) is 4.79 Å². The van der Waals surface area contributed by atoms with Crippen molar-refractivity contribution < 1.29 is 9.53 Å². The van der Waals surface area contributed by atoms with Crippen molar-refractivity contribution in [2.75, 3.05) is 19.0 Å². The highest BCUT2D eigenvalue weighted by Gasteiger charge is 2.13. The van der Waals surface area contributed by atoms with Crippen LogP contribution in [0.5, 0.6) is 0 Å². The molecule has 0 aliphatic heterocycles. The number of amides is 1. The average molecular weight is 259 g/mol. The number of carbonyl (C=O) groups is 1. The Balaban J connectivity index is 2.43. The minimum atomic E-state index is -0.584. The monoisotopic (exact) mass is 258 g/mol. The van der Waals surface area contributed by atoms with Crippen LogP contribution in [0.1, 0.15) is 12.8 Å². The number of hydrogen-bond acceptors (Lipinski definition) is 5. The molecule has 3 N–H and O–H groups in total. The highest BCUT2D eigenvalue weighted by atomic mass is 35.5. The fourth-order valence-electron chi connectivity index (χ4n) is 1.20. The van der Waals surface area contributed by atoms with Gasteiger partial charge in [0.1, 0.15) is 5.82 Å². The fraction of sp³-hybridized carbons (Fsp3) is 0.500. The van der Waals surface area contributed by atoms with Gasteiger partial charge in [-0.25, -0.2) is 9.97 Å². The van der Waals surface area contributed by atoms with Crippen molar-refractivity contribution >= 4 is 23.3 Å². The molecule has 1 rings (SSSR count). The highest BCUT2D eigenvalue weighted by molar-refractivity contribution is 6.28. The molecule has 1 heterocycles. The lowest BCUT2D eigenvalue weighted by molar-refractivity contribution is -0.117. The fourth-order valence-corrected chi connectivity index (χ4v) is 1.35. The zero-order valence-corrected chi connectivity index (χ0v) is 10.3. The maximum Gasteiger partial charge on any atom is 0.242 e. The summed E-state index contributed by atoms with van der Waals surface area (Å²) < 4.78 is 4.88. The molecule has 0 bridgehead atoms. The standard InChI is InChI=1S/C10H15ClN4O2/c1-17-6-2-3-7(12)9(16)14-8-4-5-13-10(11)15-8/h4-5,7H,2-3,6,12H2,1H3,(H,13,14,15,16). The zero-order valence-electron chi connectivity index (χ0n) is 9.52. The van der Waals surface area contributed by atoms with Crippen LogP contribution in [0.25, 0.3) is 0 Å². The predicted octanol–water partition coefficient (Wildman–Crippen LogP) is 0.822. The van der Waals surface area contributed by atoms with Crippen LogP contribution in [0.15, 0.2) is 12.3 Å². The smallest absolute Gasteiger partial charge is 0.242 e. The number of rotatable bonds is 6. The van der Waals surface area contributed by atoms with Crippen LogP contribution >= 0.6 is 11.6 Å². The summed E-state index contributed by atoms with van der Waals surface area (Å²) in [6, 6.07) is 0.963. The summed E-state index contributed by atoms with van der Waals surface area (Å²) in [5.74, 6) is 0.0491. The number of carbonyl (C=O) groups excluding carboxylic acids is 1. The van der Waals surface area contributed by atoms with Gasteiger partial charge < -0.3 is 15.8 Å². The van der Waals surface area contributed by atoms with Gasteiger partial charge in [0, 0.05) is 19.9 Å². The molecular formula is C10H15ClN4O2. The topological polar surface area (TPSA) is 90.1 Å². The lowest BCUT2D eigenvalue weighted by Gasteiger charge is -2.11. The Kier molecular flexibility index (Phi) is 5.82. The Morgan fingerprint density at radius 1 is 1.71 bits per heavy atom. The second-order valence-electron chi connectivity index (χ2n) is 3.44. The molecule has 0 saturated heterocycles. The van der Waals surface area contributed by atoms with Gasteiger partial charge in [0.05, 0.1) is 6.04 Å². The van der Waals surface area contributed by atoms with Crippen LogP contribution in [0.4, 0.5) is 5.82 Å². The first-order valence-electron chi connectivity index (χ1n) is 5.17. The largest absolute Gasteiger partial charge is 0.385 e. The van der Waals surface area contributed by atoms with Gasteiger partial charge >= 0.3 is 0 Å². The number of nitrogens with one attached hydrogen (secondary N) is 1. The van der Waals surface area contributed by atoms with Gasteiger partial charge in [0.25, 0.3) is 0 Å². The number of hydrogen-bond donors (Lipinski definition) is 2. The Morgan fingerprint density at radius 3 is 3.12 bits per heavy atom. The van der Waals surface area contributed by atoms with E-state index in [2.05, 4.69) is 15.3 Å². The lowest BCUT2D eigenvalue weighted by Crippen LogP contribution is -2.36. The van der Waals surface area contributed by atoms with E-state index in [4.69, 9.17) is 22.1 Å². The summed E-state index contributed by atoms with van der Waals surface area (Å²) in [6.07, 6.45) is 2.75. The maximum absolute atomic E-state index is 11.6. The van der Waals surface area contributed by atoms with Crippen molar-refractivity contribution in [3.05, 3.63) is 17.5 Å². The van der Waals surface area contributed by atoms with E-state index in [1.807, 2.05) is 0 Å². The Hall–Kier alpha value is -1.24. The van der Waals surface area contributed by atoms with Crippen molar-refractivity contribution in [1.29, 1.82) is 0 Å². The molecule has 94 valence electrons. The molecule has 1 aromatic heterocycles. The number of anilines is 1. The summed E-state index contributed by atoms with van der Waals surface area (Å²) in [5.41, 5.74) is 5.70. The van der Waals surface area contributed by atoms with Gasteiger partial charge in [-0.1, -0.05) is 0 Å². The van der Waals surface area contributed by atoms with E-state index in [0.29, 0.717) is 18.8 Å². The Morgan fingerprint density at radius 2 is 2.47 bits per heavy atom. The molecule has 0 fully saturated rings. The maximum atomic E-state index is 11.6. The molecule has 7 heteroatoms. The lowest BCUT2D eigenvalue weighted by atomic mass is 10.1. The van der Waals surface area contributed by atoms with Crippen molar-refractivity contribution in [2.24, 2.45) is 5.73 Å². The number of halogens is 1. The highest BCUT2D eigenvalue weighted by Crippen LogP contribution is 2.06. The summed E-state index contributed by atoms with van der Waals surface area (Å²) >= 11 is 5.59. The first-order valence-corrected chi connectivity index (χ1v) is 5.55. The second-order valence-corrected chi connectivity index (χ2v) is 3.78. The molecule has 1 amide bonds. The third-order valence-electron chi connectivity index (χ3n) is 2.08. The number of nitrogens with two attached hydrogens (primary N) is 1. The molecule has 1 atom stereocenters. The summed E-state index contributed by atoms with van der Waals surface area (Å²) in [6.45, 7) is 0.584. The zero-order chi connectivity index (χ0) is 12.7. The minimum absolute atomic E-state index is 0.0794. The third kappa shape index (κ3) is 5.08. The van der Waals surface area contributed by atoms with E-state index in [0.717, 1.165) is 6.42 Å². The van der Waals surface area contributed by atoms with Gasteiger partial charge in [-0.2, -0.15) is 0 Å². The minimum Gasteiger partial charge on any atom is -0.385 e. The van der Waals surface area contributed by atoms with Crippen molar-refractivity contribution in [3.8, 4) is 0 Å². The molecule has 0 spiro atoms. The van der Waals surface area contributed by atoms with E-state index >= 15 is 0 Å². The first kappa shape index (κ1) is 13.8. The van der Waals surface area contributed by atoms with Crippen LogP contribution in [-0.2, 0) is 9.53 Å². The molecule has 1 unspecified atom stereocenters. The van der Waals surface area contributed by atoms with Crippen LogP contribution in [0.2, 0.25) is 5.28 Å². The van der Waals surface area contributed by atoms with Crippen molar-refractivity contribution in [3.63, 3.8) is 0 Å². The van der Waals surface area contributed by atoms with Crippen LogP contribution in [0, 0.1) is 0 Å². The number of ether oxygens (including phenoxy) is 1. The molecule has 0 saturated carbocycles. The molecule has 1 aromatic rings. The van der Waals surface area contributed by atoms with Gasteiger partial charge in [-0.3, -0.25) is 4.79 Å². The van der Waals surface area contributed by atoms with E-state index in [1.165, 1.54) is 6.20 Å². The SMILES string of the molecule is COCCCC(N)C(=O)Nc1ccnc(Cl)n1. The normalized spacial score (nSPS) is 12.2. The molecule has 0 aliphatic rings. The van der Waals surface area contributed by atoms with Crippen LogP contribution in [-0.4, -0.2) is 35.6 Å². The quantitative estimate of drug-likeness (QED) is 0.582. The number of nitrogens with zero attached hydrogens (tertiary/aromatic N) is 2. The molecule has 0 aliphatic carbocycles. The number of aromatic nitrogens is 2.